The predicted octanol–water partition coefficient (Wildman–Crippen LogP) is 4.11. The summed E-state index contributed by atoms with van der Waals surface area (Å²) >= 11 is 1.34. The highest BCUT2D eigenvalue weighted by molar-refractivity contribution is 7.14. The smallest absolute Gasteiger partial charge is 0.349 e. The van der Waals surface area contributed by atoms with Crippen LogP contribution in [-0.2, 0) is 16.0 Å². The van der Waals surface area contributed by atoms with E-state index in [0.29, 0.717) is 4.88 Å². The Morgan fingerprint density at radius 3 is 2.64 bits per heavy atom. The number of carbonyl (C=O) groups excluding carboxylic acids is 2. The van der Waals surface area contributed by atoms with Crippen LogP contribution in [0.25, 0.3) is 0 Å². The van der Waals surface area contributed by atoms with Gasteiger partial charge in [0.2, 0.25) is 0 Å². The summed E-state index contributed by atoms with van der Waals surface area (Å²) < 4.78 is 10.3. The van der Waals surface area contributed by atoms with E-state index in [0.717, 1.165) is 23.3 Å². The molecule has 1 heterocycles. The van der Waals surface area contributed by atoms with Crippen LogP contribution in [-0.4, -0.2) is 30.0 Å². The van der Waals surface area contributed by atoms with Gasteiger partial charge in [0.05, 0.1) is 23.8 Å². The Bertz CT molecular complexity index is 893. The molecule has 0 aliphatic heterocycles. The first-order valence-corrected chi connectivity index (χ1v) is 9.52. The average molecular weight is 406 g/mol. The number of ether oxygens (including phenoxy) is 2. The SMILES string of the molecule is CCCc1cc(C(=O)O[C@@H](C)C(=O)Nc2ccc([N+](=O)[O-])cc2OC)sc1C. The predicted molar refractivity (Wildman–Crippen MR) is 106 cm³/mol. The van der Waals surface area contributed by atoms with Crippen molar-refractivity contribution in [1.82, 2.24) is 0 Å². The molecule has 0 unspecified atom stereocenters. The fourth-order valence-corrected chi connectivity index (χ4v) is 3.50. The van der Waals surface area contributed by atoms with Crippen molar-refractivity contribution in [3.8, 4) is 5.75 Å². The lowest BCUT2D eigenvalue weighted by atomic mass is 10.1. The average Bonchev–Trinajstić information content (AvgIpc) is 3.02. The van der Waals surface area contributed by atoms with Crippen LogP contribution in [0.3, 0.4) is 0 Å². The zero-order chi connectivity index (χ0) is 20.8. The van der Waals surface area contributed by atoms with Crippen molar-refractivity contribution in [3.63, 3.8) is 0 Å². The van der Waals surface area contributed by atoms with Gasteiger partial charge in [0.1, 0.15) is 10.6 Å². The molecule has 0 saturated heterocycles. The Morgan fingerprint density at radius 2 is 2.04 bits per heavy atom. The largest absolute Gasteiger partial charge is 0.494 e. The van der Waals surface area contributed by atoms with Crippen molar-refractivity contribution in [1.29, 1.82) is 0 Å². The molecule has 0 radical (unpaired) electrons. The number of amides is 1. The third kappa shape index (κ3) is 5.07. The molecule has 1 atom stereocenters. The maximum atomic E-state index is 12.4. The highest BCUT2D eigenvalue weighted by atomic mass is 32.1. The van der Waals surface area contributed by atoms with Gasteiger partial charge >= 0.3 is 5.97 Å². The first-order chi connectivity index (χ1) is 13.3. The maximum Gasteiger partial charge on any atom is 0.349 e. The van der Waals surface area contributed by atoms with Crippen LogP contribution in [0.2, 0.25) is 0 Å². The summed E-state index contributed by atoms with van der Waals surface area (Å²) in [4.78, 5) is 36.5. The molecule has 9 heteroatoms. The Kier molecular flexibility index (Phi) is 7.11. The zero-order valence-electron chi connectivity index (χ0n) is 16.1. The number of nitrogens with one attached hydrogen (secondary N) is 1. The van der Waals surface area contributed by atoms with Gasteiger partial charge in [-0.3, -0.25) is 14.9 Å². The number of rotatable bonds is 8. The second kappa shape index (κ2) is 9.32. The van der Waals surface area contributed by atoms with Crippen molar-refractivity contribution in [2.24, 2.45) is 0 Å². The summed E-state index contributed by atoms with van der Waals surface area (Å²) in [6.07, 6.45) is 0.803. The highest BCUT2D eigenvalue weighted by Crippen LogP contribution is 2.29. The van der Waals surface area contributed by atoms with Gasteiger partial charge in [0.15, 0.2) is 6.10 Å². The van der Waals surface area contributed by atoms with Gasteiger partial charge in [-0.1, -0.05) is 13.3 Å². The molecule has 1 aromatic heterocycles. The van der Waals surface area contributed by atoms with Crippen LogP contribution in [0, 0.1) is 17.0 Å². The minimum Gasteiger partial charge on any atom is -0.494 e. The molecule has 8 nitrogen and oxygen atoms in total. The number of aryl methyl sites for hydroxylation is 2. The number of nitro benzene ring substituents is 1. The van der Waals surface area contributed by atoms with Gasteiger partial charge in [0.25, 0.3) is 11.6 Å². The van der Waals surface area contributed by atoms with Crippen LogP contribution in [0.15, 0.2) is 24.3 Å². The maximum absolute atomic E-state index is 12.4. The van der Waals surface area contributed by atoms with E-state index >= 15 is 0 Å². The molecular formula is C19H22N2O6S. The third-order valence-electron chi connectivity index (χ3n) is 4.05. The number of hydrogen-bond acceptors (Lipinski definition) is 7. The summed E-state index contributed by atoms with van der Waals surface area (Å²) in [5.74, 6) is -0.990. The van der Waals surface area contributed by atoms with Gasteiger partial charge < -0.3 is 14.8 Å². The lowest BCUT2D eigenvalue weighted by Crippen LogP contribution is -2.30. The molecule has 0 aliphatic rings. The number of anilines is 1. The fraction of sp³-hybridized carbons (Fsp3) is 0.368. The minimum absolute atomic E-state index is 0.138. The van der Waals surface area contributed by atoms with Crippen LogP contribution >= 0.6 is 11.3 Å². The summed E-state index contributed by atoms with van der Waals surface area (Å²) in [5, 5.41) is 13.4. The Balaban J connectivity index is 2.05. The topological polar surface area (TPSA) is 108 Å². The number of benzene rings is 1. The van der Waals surface area contributed by atoms with E-state index in [1.54, 1.807) is 6.07 Å². The summed E-state index contributed by atoms with van der Waals surface area (Å²) in [6.45, 7) is 5.47. The van der Waals surface area contributed by atoms with E-state index in [4.69, 9.17) is 9.47 Å². The molecule has 28 heavy (non-hydrogen) atoms. The number of methoxy groups -OCH3 is 1. The molecular weight excluding hydrogens is 384 g/mol. The Labute approximate surface area is 166 Å². The highest BCUT2D eigenvalue weighted by Gasteiger charge is 2.22. The number of esters is 1. The fourth-order valence-electron chi connectivity index (χ4n) is 2.54. The Morgan fingerprint density at radius 1 is 1.32 bits per heavy atom. The molecule has 0 saturated carbocycles. The molecule has 0 spiro atoms. The minimum atomic E-state index is -1.05. The van der Waals surface area contributed by atoms with E-state index in [1.165, 1.54) is 43.6 Å². The van der Waals surface area contributed by atoms with Crippen LogP contribution in [0.4, 0.5) is 11.4 Å². The molecule has 0 aliphatic carbocycles. The van der Waals surface area contributed by atoms with E-state index in [2.05, 4.69) is 12.2 Å². The van der Waals surface area contributed by atoms with Crippen molar-refractivity contribution < 1.29 is 24.0 Å². The van der Waals surface area contributed by atoms with Crippen molar-refractivity contribution >= 4 is 34.6 Å². The number of hydrogen-bond donors (Lipinski definition) is 1. The van der Waals surface area contributed by atoms with Crippen LogP contribution in [0.1, 0.15) is 40.4 Å². The molecule has 1 aromatic carbocycles. The van der Waals surface area contributed by atoms with E-state index < -0.39 is 22.9 Å². The van der Waals surface area contributed by atoms with E-state index in [-0.39, 0.29) is 17.1 Å². The quantitative estimate of drug-likeness (QED) is 0.401. The summed E-state index contributed by atoms with van der Waals surface area (Å²) in [5.41, 5.74) is 1.19. The number of thiophene rings is 1. The molecule has 150 valence electrons. The zero-order valence-corrected chi connectivity index (χ0v) is 16.9. The van der Waals surface area contributed by atoms with Crippen LogP contribution in [0.5, 0.6) is 5.75 Å². The van der Waals surface area contributed by atoms with Gasteiger partial charge in [0, 0.05) is 10.9 Å². The van der Waals surface area contributed by atoms with E-state index in [1.807, 2.05) is 6.92 Å². The van der Waals surface area contributed by atoms with Crippen molar-refractivity contribution in [2.45, 2.75) is 39.7 Å². The van der Waals surface area contributed by atoms with E-state index in [9.17, 15) is 19.7 Å². The first-order valence-electron chi connectivity index (χ1n) is 8.70. The standard InChI is InChI=1S/C19H22N2O6S/c1-5-6-13-9-17(28-12(13)3)19(23)27-11(2)18(22)20-15-8-7-14(21(24)25)10-16(15)26-4/h7-11H,5-6H2,1-4H3,(H,20,22)/t11-/m0/s1. The lowest BCUT2D eigenvalue weighted by molar-refractivity contribution is -0.384. The normalized spacial score (nSPS) is 11.6. The molecule has 0 bridgehead atoms. The Hall–Kier alpha value is -2.94. The van der Waals surface area contributed by atoms with Crippen molar-refractivity contribution in [2.75, 3.05) is 12.4 Å². The van der Waals surface area contributed by atoms with Gasteiger partial charge in [-0.25, -0.2) is 4.79 Å². The first kappa shape index (κ1) is 21.4. The van der Waals surface area contributed by atoms with Gasteiger partial charge in [-0.2, -0.15) is 0 Å². The molecule has 2 aromatic rings. The second-order valence-corrected chi connectivity index (χ2v) is 7.38. The number of nitro groups is 1. The van der Waals surface area contributed by atoms with Gasteiger partial charge in [-0.05, 0) is 38.0 Å². The monoisotopic (exact) mass is 406 g/mol. The molecule has 1 N–H and O–H groups in total. The lowest BCUT2D eigenvalue weighted by Gasteiger charge is -2.14. The number of nitrogens with zero attached hydrogens (tertiary/aromatic N) is 1. The third-order valence-corrected chi connectivity index (χ3v) is 5.12. The number of carbonyl (C=O) groups is 2. The number of non-ortho nitro benzene ring substituents is 1. The van der Waals surface area contributed by atoms with Crippen molar-refractivity contribution in [3.05, 3.63) is 49.7 Å². The summed E-state index contributed by atoms with van der Waals surface area (Å²) in [7, 11) is 1.34. The van der Waals surface area contributed by atoms with Crippen LogP contribution < -0.4 is 10.1 Å². The molecule has 2 rings (SSSR count). The molecule has 1 amide bonds. The summed E-state index contributed by atoms with van der Waals surface area (Å²) in [6, 6.07) is 5.62. The second-order valence-electron chi connectivity index (χ2n) is 6.12. The molecule has 0 fully saturated rings. The van der Waals surface area contributed by atoms with Gasteiger partial charge in [-0.15, -0.1) is 11.3 Å².